The fraction of sp³-hybridized carbons (Fsp3) is 0.185. The summed E-state index contributed by atoms with van der Waals surface area (Å²) in [4.78, 5) is 27.8. The molecule has 182 valence electrons. The van der Waals surface area contributed by atoms with Gasteiger partial charge in [-0.1, -0.05) is 24.3 Å². The molecule has 5 aromatic rings. The lowest BCUT2D eigenvalue weighted by Gasteiger charge is -2.10. The van der Waals surface area contributed by atoms with E-state index < -0.39 is 11.7 Å². The maximum atomic E-state index is 14.8. The third-order valence-electron chi connectivity index (χ3n) is 5.71. The van der Waals surface area contributed by atoms with Gasteiger partial charge in [0.15, 0.2) is 5.89 Å². The Balaban J connectivity index is 1.42. The molecule has 0 bridgehead atoms. The number of nitrogens with one attached hydrogen (secondary N) is 1. The fourth-order valence-electron chi connectivity index (χ4n) is 4.06. The molecule has 3 heterocycles. The van der Waals surface area contributed by atoms with Gasteiger partial charge in [0, 0.05) is 48.9 Å². The molecule has 5 rings (SSSR count). The van der Waals surface area contributed by atoms with Crippen molar-refractivity contribution in [3.8, 4) is 22.4 Å². The van der Waals surface area contributed by atoms with Gasteiger partial charge < -0.3 is 14.6 Å². The Morgan fingerprint density at radius 2 is 1.83 bits per heavy atom. The number of oxazole rings is 1. The number of carbonyl (C=O) groups excluding carboxylic acids is 1. The first-order valence-electron chi connectivity index (χ1n) is 11.4. The molecule has 0 radical (unpaired) electrons. The second-order valence-electron chi connectivity index (χ2n) is 8.91. The summed E-state index contributed by atoms with van der Waals surface area (Å²) in [7, 11) is 4.07. The predicted molar refractivity (Wildman–Crippen MR) is 135 cm³/mol. The van der Waals surface area contributed by atoms with Crippen LogP contribution >= 0.6 is 0 Å². The lowest BCUT2D eigenvalue weighted by Crippen LogP contribution is -2.12. The summed E-state index contributed by atoms with van der Waals surface area (Å²) in [6.07, 6.45) is 5.39. The van der Waals surface area contributed by atoms with Crippen LogP contribution in [0.2, 0.25) is 0 Å². The fourth-order valence-corrected chi connectivity index (χ4v) is 4.06. The lowest BCUT2D eigenvalue weighted by atomic mass is 10.1. The summed E-state index contributed by atoms with van der Waals surface area (Å²) >= 11 is 0. The highest BCUT2D eigenvalue weighted by atomic mass is 19.1. The SMILES string of the molecule is Cc1nc(C)c(C(=O)Nc2ccc(F)c(-c3cn4cc(-c5ccc(CN(C)C)cc5)cnc4n3)c2)o1. The van der Waals surface area contributed by atoms with Gasteiger partial charge in [0.25, 0.3) is 5.91 Å². The molecular weight excluding hydrogens is 459 g/mol. The molecule has 1 N–H and O–H groups in total. The largest absolute Gasteiger partial charge is 0.436 e. The Bertz CT molecular complexity index is 1570. The van der Waals surface area contributed by atoms with Crippen molar-refractivity contribution in [2.24, 2.45) is 0 Å². The second kappa shape index (κ2) is 9.35. The van der Waals surface area contributed by atoms with Gasteiger partial charge in [0.1, 0.15) is 5.82 Å². The number of anilines is 1. The molecule has 0 fully saturated rings. The Morgan fingerprint density at radius 1 is 1.06 bits per heavy atom. The van der Waals surface area contributed by atoms with E-state index in [9.17, 15) is 9.18 Å². The smallest absolute Gasteiger partial charge is 0.293 e. The molecule has 0 atom stereocenters. The van der Waals surface area contributed by atoms with E-state index >= 15 is 0 Å². The van der Waals surface area contributed by atoms with Gasteiger partial charge in [-0.3, -0.25) is 9.20 Å². The third kappa shape index (κ3) is 4.73. The summed E-state index contributed by atoms with van der Waals surface area (Å²) in [5.74, 6) is 0.0547. The molecule has 36 heavy (non-hydrogen) atoms. The van der Waals surface area contributed by atoms with Crippen LogP contribution in [0, 0.1) is 19.7 Å². The Kier molecular flexibility index (Phi) is 6.07. The summed E-state index contributed by atoms with van der Waals surface area (Å²) in [5, 5.41) is 2.74. The van der Waals surface area contributed by atoms with Crippen LogP contribution in [-0.4, -0.2) is 44.3 Å². The summed E-state index contributed by atoms with van der Waals surface area (Å²) in [6, 6.07) is 12.6. The Labute approximate surface area is 207 Å². The predicted octanol–water partition coefficient (Wildman–Crippen LogP) is 5.12. The van der Waals surface area contributed by atoms with Crippen molar-refractivity contribution in [3.05, 3.63) is 89.8 Å². The van der Waals surface area contributed by atoms with Gasteiger partial charge in [-0.25, -0.2) is 19.3 Å². The van der Waals surface area contributed by atoms with Crippen molar-refractivity contribution in [1.82, 2.24) is 24.3 Å². The highest BCUT2D eigenvalue weighted by Gasteiger charge is 2.18. The van der Waals surface area contributed by atoms with Crippen molar-refractivity contribution in [2.75, 3.05) is 19.4 Å². The van der Waals surface area contributed by atoms with Gasteiger partial charge in [0.05, 0.1) is 11.4 Å². The normalized spacial score (nSPS) is 11.4. The number of benzene rings is 2. The van der Waals surface area contributed by atoms with E-state index in [0.29, 0.717) is 28.7 Å². The number of halogens is 1. The highest BCUT2D eigenvalue weighted by Crippen LogP contribution is 2.27. The minimum Gasteiger partial charge on any atom is -0.436 e. The molecule has 2 aromatic carbocycles. The molecule has 8 nitrogen and oxygen atoms in total. The van der Waals surface area contributed by atoms with Crippen LogP contribution in [0.15, 0.2) is 65.5 Å². The number of aryl methyl sites for hydroxylation is 2. The van der Waals surface area contributed by atoms with E-state index in [4.69, 9.17) is 4.42 Å². The number of hydrogen-bond acceptors (Lipinski definition) is 6. The van der Waals surface area contributed by atoms with Crippen LogP contribution < -0.4 is 5.32 Å². The van der Waals surface area contributed by atoms with Gasteiger partial charge in [0.2, 0.25) is 11.5 Å². The van der Waals surface area contributed by atoms with Crippen LogP contribution in [0.25, 0.3) is 28.2 Å². The quantitative estimate of drug-likeness (QED) is 0.360. The zero-order valence-corrected chi connectivity index (χ0v) is 20.4. The molecule has 0 unspecified atom stereocenters. The van der Waals surface area contributed by atoms with Crippen molar-refractivity contribution in [2.45, 2.75) is 20.4 Å². The molecule has 0 aliphatic carbocycles. The summed E-state index contributed by atoms with van der Waals surface area (Å²) < 4.78 is 21.9. The van der Waals surface area contributed by atoms with E-state index in [2.05, 4.69) is 49.4 Å². The number of hydrogen-bond donors (Lipinski definition) is 1. The van der Waals surface area contributed by atoms with Crippen LogP contribution in [0.5, 0.6) is 0 Å². The maximum Gasteiger partial charge on any atom is 0.293 e. The molecule has 0 aliphatic rings. The Morgan fingerprint density at radius 3 is 2.53 bits per heavy atom. The number of imidazole rings is 1. The van der Waals surface area contributed by atoms with Crippen molar-refractivity contribution < 1.29 is 13.6 Å². The minimum atomic E-state index is -0.459. The van der Waals surface area contributed by atoms with Crippen LogP contribution in [-0.2, 0) is 6.54 Å². The monoisotopic (exact) mass is 484 g/mol. The summed E-state index contributed by atoms with van der Waals surface area (Å²) in [6.45, 7) is 4.23. The lowest BCUT2D eigenvalue weighted by molar-refractivity contribution is 0.0994. The third-order valence-corrected chi connectivity index (χ3v) is 5.71. The van der Waals surface area contributed by atoms with Gasteiger partial charge >= 0.3 is 0 Å². The minimum absolute atomic E-state index is 0.123. The van der Waals surface area contributed by atoms with Crippen LogP contribution in [0.1, 0.15) is 27.7 Å². The number of carbonyl (C=O) groups is 1. The van der Waals surface area contributed by atoms with Crippen molar-refractivity contribution >= 4 is 17.4 Å². The van der Waals surface area contributed by atoms with Gasteiger partial charge in [-0.15, -0.1) is 0 Å². The molecule has 0 saturated carbocycles. The average molecular weight is 485 g/mol. The zero-order valence-electron chi connectivity index (χ0n) is 20.4. The topological polar surface area (TPSA) is 88.6 Å². The van der Waals surface area contributed by atoms with Crippen molar-refractivity contribution in [3.63, 3.8) is 0 Å². The average Bonchev–Trinajstić information content (AvgIpc) is 3.42. The van der Waals surface area contributed by atoms with E-state index in [0.717, 1.165) is 17.7 Å². The maximum absolute atomic E-state index is 14.8. The zero-order chi connectivity index (χ0) is 25.4. The first kappa shape index (κ1) is 23.4. The van der Waals surface area contributed by atoms with E-state index in [1.165, 1.54) is 23.8 Å². The van der Waals surface area contributed by atoms with E-state index in [1.54, 1.807) is 30.6 Å². The van der Waals surface area contributed by atoms with Crippen LogP contribution in [0.4, 0.5) is 10.1 Å². The second-order valence-corrected chi connectivity index (χ2v) is 8.91. The highest BCUT2D eigenvalue weighted by molar-refractivity contribution is 6.03. The summed E-state index contributed by atoms with van der Waals surface area (Å²) in [5.41, 5.74) is 4.71. The van der Waals surface area contributed by atoms with Crippen molar-refractivity contribution in [1.29, 1.82) is 0 Å². The number of fused-ring (bicyclic) bond motifs is 1. The number of rotatable bonds is 6. The molecule has 0 spiro atoms. The van der Waals surface area contributed by atoms with Gasteiger partial charge in [-0.2, -0.15) is 0 Å². The molecule has 0 saturated heterocycles. The molecule has 1 amide bonds. The molecule has 0 aliphatic heterocycles. The molecule has 3 aromatic heterocycles. The first-order valence-corrected chi connectivity index (χ1v) is 11.4. The van der Waals surface area contributed by atoms with Gasteiger partial charge in [-0.05, 0) is 50.3 Å². The Hall–Kier alpha value is -4.37. The first-order chi connectivity index (χ1) is 17.3. The van der Waals surface area contributed by atoms with E-state index in [1.807, 2.05) is 20.3 Å². The van der Waals surface area contributed by atoms with E-state index in [-0.39, 0.29) is 11.3 Å². The number of amides is 1. The molecular formula is C27H25FN6O2. The number of aromatic nitrogens is 4. The van der Waals surface area contributed by atoms with Crippen LogP contribution in [0.3, 0.4) is 0 Å². The number of nitrogens with zero attached hydrogens (tertiary/aromatic N) is 5. The molecule has 9 heteroatoms. The standard InChI is InChI=1S/C27H25FN6O2/c1-16-25(36-17(2)30-16)26(35)31-21-9-10-23(28)22(11-21)24-15-34-14-20(12-29-27(34)32-24)19-7-5-18(6-8-19)13-33(3)4/h5-12,14-15H,13H2,1-4H3,(H,31,35).